The van der Waals surface area contributed by atoms with E-state index in [1.165, 1.54) is 42.5 Å². The van der Waals surface area contributed by atoms with Crippen LogP contribution in [0.3, 0.4) is 0 Å². The van der Waals surface area contributed by atoms with Crippen molar-refractivity contribution in [2.24, 2.45) is 0 Å². The summed E-state index contributed by atoms with van der Waals surface area (Å²) in [6, 6.07) is 49.2. The molecular formula is C52H43KO11S3. The molecule has 0 fully saturated rings. The molecule has 8 aromatic rings. The summed E-state index contributed by atoms with van der Waals surface area (Å²) in [6.45, 7) is 3.60. The zero-order valence-corrected chi connectivity index (χ0v) is 41.6. The Morgan fingerprint density at radius 3 is 1.06 bits per heavy atom. The maximum atomic E-state index is 13.5. The minimum absolute atomic E-state index is 0. The molecular weight excluding hydrogens is 936 g/mol. The van der Waals surface area contributed by atoms with Gasteiger partial charge in [-0.05, 0) is 175 Å². The third kappa shape index (κ3) is 11.8. The molecule has 336 valence electrons. The average molecular weight is 979 g/mol. The molecule has 0 unspecified atom stereocenters. The molecule has 0 saturated carbocycles. The van der Waals surface area contributed by atoms with Gasteiger partial charge in [-0.15, -0.1) is 0 Å². The molecule has 0 bridgehead atoms. The smallest absolute Gasteiger partial charge is 0.744 e. The molecule has 0 amide bonds. The van der Waals surface area contributed by atoms with Gasteiger partial charge in [0.15, 0.2) is 0 Å². The predicted molar refractivity (Wildman–Crippen MR) is 251 cm³/mol. The van der Waals surface area contributed by atoms with Crippen molar-refractivity contribution < 1.29 is 100 Å². The first-order valence-corrected chi connectivity index (χ1v) is 24.3. The summed E-state index contributed by atoms with van der Waals surface area (Å²) in [4.78, 5) is -0.985. The van der Waals surface area contributed by atoms with Gasteiger partial charge in [-0.1, -0.05) is 62.0 Å². The molecule has 15 heteroatoms. The van der Waals surface area contributed by atoms with Gasteiger partial charge in [0.1, 0.15) is 50.4 Å². The molecule has 8 aromatic carbocycles. The fourth-order valence-corrected chi connectivity index (χ4v) is 10.1. The molecule has 8 rings (SSSR count). The third-order valence-corrected chi connectivity index (χ3v) is 15.0. The van der Waals surface area contributed by atoms with Crippen LogP contribution in [-0.2, 0) is 29.8 Å². The van der Waals surface area contributed by atoms with E-state index < -0.39 is 34.7 Å². The van der Waals surface area contributed by atoms with Crippen molar-refractivity contribution in [2.75, 3.05) is 7.11 Å². The zero-order valence-electron chi connectivity index (χ0n) is 36.0. The van der Waals surface area contributed by atoms with E-state index in [0.29, 0.717) is 23.0 Å². The molecule has 11 nitrogen and oxygen atoms in total. The Labute approximate surface area is 434 Å². The van der Waals surface area contributed by atoms with E-state index in [9.17, 15) is 29.8 Å². The standard InChI is InChI=1S/C51H40O11S3.CH4.K/c1-34-4-25-48(32-35(34)2)64(54,55)49-30-31-50(51(33-49)65(56,57)58)62-45-19-11-39(12-20-45)38-9-17-42(18-10-38)61-44-23-28-47(29-24-44)63(52,53)46-26-21-43(22-27-46)60-41-15-7-37(8-16-41)36-5-13-40(59-3)14-6-36;;/h4-33H,1-3H3,(H,56,57,58);1H4;/q;;+1/p-1. The number of methoxy groups -OCH3 is 1. The first kappa shape index (κ1) is 50.8. The van der Waals surface area contributed by atoms with Crippen LogP contribution in [0.4, 0.5) is 0 Å². The molecule has 0 saturated heterocycles. The van der Waals surface area contributed by atoms with Gasteiger partial charge in [-0.3, -0.25) is 0 Å². The third-order valence-electron chi connectivity index (χ3n) is 10.6. The van der Waals surface area contributed by atoms with E-state index in [-0.39, 0.29) is 89.9 Å². The van der Waals surface area contributed by atoms with Gasteiger partial charge in [-0.25, -0.2) is 25.3 Å². The molecule has 0 aliphatic heterocycles. The molecule has 0 aromatic heterocycles. The van der Waals surface area contributed by atoms with Crippen molar-refractivity contribution in [3.63, 3.8) is 0 Å². The van der Waals surface area contributed by atoms with Crippen LogP contribution in [-0.4, -0.2) is 36.9 Å². The van der Waals surface area contributed by atoms with E-state index in [0.717, 1.165) is 51.3 Å². The molecule has 0 spiro atoms. The Morgan fingerprint density at radius 2 is 0.687 bits per heavy atom. The van der Waals surface area contributed by atoms with Crippen molar-refractivity contribution in [3.8, 4) is 62.5 Å². The van der Waals surface area contributed by atoms with Gasteiger partial charge in [0.2, 0.25) is 19.7 Å². The summed E-state index contributed by atoms with van der Waals surface area (Å²) in [5, 5.41) is 0. The SMILES string of the molecule is C.COc1ccc(-c2ccc(Oc3ccc(S(=O)(=O)c4ccc(Oc5ccc(-c6ccc(Oc7ccc(S(=O)(=O)c8ccc(C)c(C)c8)cc7S(=O)(=O)[O-])cc6)cc5)cc4)cc3)cc2)cc1.[K+]. The van der Waals surface area contributed by atoms with Crippen LogP contribution in [0.25, 0.3) is 22.3 Å². The van der Waals surface area contributed by atoms with Crippen molar-refractivity contribution in [3.05, 3.63) is 193 Å². The van der Waals surface area contributed by atoms with E-state index in [4.69, 9.17) is 18.9 Å². The van der Waals surface area contributed by atoms with Gasteiger partial charge in [-0.2, -0.15) is 0 Å². The molecule has 0 N–H and O–H groups in total. The van der Waals surface area contributed by atoms with Crippen molar-refractivity contribution in [2.45, 2.75) is 45.8 Å². The van der Waals surface area contributed by atoms with Crippen molar-refractivity contribution in [1.29, 1.82) is 0 Å². The van der Waals surface area contributed by atoms with Crippen LogP contribution in [0.5, 0.6) is 40.2 Å². The number of ether oxygens (including phenoxy) is 4. The van der Waals surface area contributed by atoms with Crippen LogP contribution in [0.2, 0.25) is 0 Å². The summed E-state index contributed by atoms with van der Waals surface area (Å²) in [5.41, 5.74) is 5.27. The summed E-state index contributed by atoms with van der Waals surface area (Å²) in [5.74, 6) is 2.70. The van der Waals surface area contributed by atoms with Gasteiger partial charge in [0.05, 0.1) is 31.6 Å². The number of sulfone groups is 2. The number of hydrogen-bond acceptors (Lipinski definition) is 11. The largest absolute Gasteiger partial charge is 1.00 e. The zero-order chi connectivity index (χ0) is 45.9. The maximum Gasteiger partial charge on any atom is 1.00 e. The molecule has 0 radical (unpaired) electrons. The van der Waals surface area contributed by atoms with E-state index in [1.54, 1.807) is 80.8 Å². The second-order valence-electron chi connectivity index (χ2n) is 14.9. The van der Waals surface area contributed by atoms with E-state index in [2.05, 4.69) is 0 Å². The number of benzene rings is 8. The van der Waals surface area contributed by atoms with Crippen molar-refractivity contribution in [1.82, 2.24) is 0 Å². The summed E-state index contributed by atoms with van der Waals surface area (Å²) in [6.07, 6.45) is 0. The fraction of sp³-hybridized carbons (Fsp3) is 0.0769. The average Bonchev–Trinajstić information content (AvgIpc) is 3.31. The van der Waals surface area contributed by atoms with Crippen LogP contribution in [0, 0.1) is 13.8 Å². The maximum absolute atomic E-state index is 13.5. The molecule has 0 atom stereocenters. The van der Waals surface area contributed by atoms with E-state index in [1.807, 2.05) is 67.6 Å². The predicted octanol–water partition coefficient (Wildman–Crippen LogP) is 9.23. The van der Waals surface area contributed by atoms with E-state index >= 15 is 0 Å². The van der Waals surface area contributed by atoms with Gasteiger partial charge in [0, 0.05) is 0 Å². The Morgan fingerprint density at radius 1 is 0.373 bits per heavy atom. The number of hydrogen-bond donors (Lipinski definition) is 0. The Kier molecular flexibility index (Phi) is 16.0. The van der Waals surface area contributed by atoms with Gasteiger partial charge in [0.25, 0.3) is 0 Å². The summed E-state index contributed by atoms with van der Waals surface area (Å²) in [7, 11) is -11.5. The first-order chi connectivity index (χ1) is 31.1. The second-order valence-corrected chi connectivity index (χ2v) is 20.1. The van der Waals surface area contributed by atoms with Crippen molar-refractivity contribution >= 4 is 29.8 Å². The van der Waals surface area contributed by atoms with Crippen LogP contribution >= 0.6 is 0 Å². The van der Waals surface area contributed by atoms with Gasteiger partial charge >= 0.3 is 51.4 Å². The monoisotopic (exact) mass is 978 g/mol. The molecule has 0 heterocycles. The van der Waals surface area contributed by atoms with Gasteiger partial charge < -0.3 is 23.5 Å². The minimum Gasteiger partial charge on any atom is -0.744 e. The Bertz CT molecular complexity index is 3340. The Balaban J connectivity index is 0.00000370. The summed E-state index contributed by atoms with van der Waals surface area (Å²) >= 11 is 0. The first-order valence-electron chi connectivity index (χ1n) is 19.9. The number of aryl methyl sites for hydroxylation is 2. The second kappa shape index (κ2) is 21.1. The topological polar surface area (TPSA) is 162 Å². The number of rotatable bonds is 14. The Hall–Kier alpha value is -5.59. The van der Waals surface area contributed by atoms with Crippen LogP contribution in [0.15, 0.2) is 206 Å². The molecule has 0 aliphatic carbocycles. The minimum atomic E-state index is -5.13. The molecule has 67 heavy (non-hydrogen) atoms. The molecule has 0 aliphatic rings. The quantitative estimate of drug-likeness (QED) is 0.0754. The normalized spacial score (nSPS) is 11.4. The van der Waals surface area contributed by atoms with Crippen LogP contribution in [0.1, 0.15) is 18.6 Å². The fourth-order valence-electron chi connectivity index (χ4n) is 6.79. The summed E-state index contributed by atoms with van der Waals surface area (Å²) < 4.78 is 113. The van der Waals surface area contributed by atoms with Crippen LogP contribution < -0.4 is 70.3 Å².